The molecule has 1 aromatic heterocycles. The number of nitrogen functional groups attached to an aromatic ring is 1. The van der Waals surface area contributed by atoms with Gasteiger partial charge in [0.2, 0.25) is 5.95 Å². The molecule has 2 rings (SSSR count). The zero-order valence-corrected chi connectivity index (χ0v) is 10.7. The van der Waals surface area contributed by atoms with Crippen molar-refractivity contribution in [2.45, 2.75) is 6.92 Å². The number of hydrogen-bond acceptors (Lipinski definition) is 8. The van der Waals surface area contributed by atoms with E-state index in [0.717, 1.165) is 6.20 Å². The molecule has 21 heavy (non-hydrogen) atoms. The summed E-state index contributed by atoms with van der Waals surface area (Å²) in [6.45, 7) is 1.46. The lowest BCUT2D eigenvalue weighted by Crippen LogP contribution is -2.02. The van der Waals surface area contributed by atoms with Gasteiger partial charge in [-0.1, -0.05) is 6.07 Å². The number of rotatable bonds is 4. The van der Waals surface area contributed by atoms with E-state index in [1.165, 1.54) is 25.1 Å². The van der Waals surface area contributed by atoms with Gasteiger partial charge in [-0.3, -0.25) is 20.2 Å². The van der Waals surface area contributed by atoms with Crippen molar-refractivity contribution in [3.63, 3.8) is 0 Å². The number of nitro groups is 2. The minimum absolute atomic E-state index is 0.0744. The Bertz CT molecular complexity index is 733. The lowest BCUT2D eigenvalue weighted by Gasteiger charge is -2.08. The van der Waals surface area contributed by atoms with E-state index in [1.807, 2.05) is 0 Å². The molecule has 2 N–H and O–H groups in total. The first kappa shape index (κ1) is 14.1. The van der Waals surface area contributed by atoms with E-state index in [1.54, 1.807) is 0 Å². The Morgan fingerprint density at radius 1 is 1.19 bits per heavy atom. The van der Waals surface area contributed by atoms with Crippen LogP contribution in [0.25, 0.3) is 0 Å². The van der Waals surface area contributed by atoms with Crippen LogP contribution in [0, 0.1) is 27.2 Å². The summed E-state index contributed by atoms with van der Waals surface area (Å²) in [6.07, 6.45) is 0.907. The molecule has 10 nitrogen and oxygen atoms in total. The fourth-order valence-electron chi connectivity index (χ4n) is 1.59. The van der Waals surface area contributed by atoms with Gasteiger partial charge in [-0.05, 0) is 13.0 Å². The number of aromatic nitrogens is 2. The molecule has 1 aromatic carbocycles. The standard InChI is InChI=1S/C11H9N5O5/c1-6-7(15(17)18)3-2-4-9(6)21-10-8(16(19)20)5-13-11(12)14-10/h2-5H,1H3,(H2,12,13,14). The first-order valence-corrected chi connectivity index (χ1v) is 5.59. The van der Waals surface area contributed by atoms with Gasteiger partial charge in [0.05, 0.1) is 15.4 Å². The Morgan fingerprint density at radius 2 is 1.86 bits per heavy atom. The molecule has 0 saturated carbocycles. The number of anilines is 1. The summed E-state index contributed by atoms with van der Waals surface area (Å²) >= 11 is 0. The number of ether oxygens (including phenoxy) is 1. The maximum Gasteiger partial charge on any atom is 0.349 e. The van der Waals surface area contributed by atoms with E-state index in [9.17, 15) is 20.2 Å². The van der Waals surface area contributed by atoms with Gasteiger partial charge >= 0.3 is 11.6 Å². The summed E-state index contributed by atoms with van der Waals surface area (Å²) in [7, 11) is 0. The molecule has 0 atom stereocenters. The quantitative estimate of drug-likeness (QED) is 0.663. The number of benzene rings is 1. The average Bonchev–Trinajstić information content (AvgIpc) is 2.40. The molecule has 10 heteroatoms. The van der Waals surface area contributed by atoms with Crippen LogP contribution in [-0.4, -0.2) is 19.8 Å². The van der Waals surface area contributed by atoms with Crippen LogP contribution in [0.2, 0.25) is 0 Å². The van der Waals surface area contributed by atoms with E-state index in [2.05, 4.69) is 9.97 Å². The first-order chi connectivity index (χ1) is 9.90. The van der Waals surface area contributed by atoms with E-state index < -0.39 is 15.5 Å². The SMILES string of the molecule is Cc1c(Oc2nc(N)ncc2[N+](=O)[O-])cccc1[N+](=O)[O-]. The van der Waals surface area contributed by atoms with Gasteiger partial charge in [0.1, 0.15) is 11.9 Å². The summed E-state index contributed by atoms with van der Waals surface area (Å²) in [5.74, 6) is -0.514. The highest BCUT2D eigenvalue weighted by Gasteiger charge is 2.22. The maximum atomic E-state index is 10.9. The Kier molecular flexibility index (Phi) is 3.61. The molecule has 0 spiro atoms. The molecule has 108 valence electrons. The highest BCUT2D eigenvalue weighted by atomic mass is 16.6. The van der Waals surface area contributed by atoms with Gasteiger partial charge in [0, 0.05) is 6.07 Å². The molecule has 0 fully saturated rings. The third kappa shape index (κ3) is 2.83. The fourth-order valence-corrected chi connectivity index (χ4v) is 1.59. The molecule has 0 radical (unpaired) electrons. The van der Waals surface area contributed by atoms with Crippen LogP contribution in [0.1, 0.15) is 5.56 Å². The Labute approximate surface area is 117 Å². The third-order valence-electron chi connectivity index (χ3n) is 2.61. The summed E-state index contributed by atoms with van der Waals surface area (Å²) in [4.78, 5) is 27.6. The molecule has 0 unspecified atom stereocenters. The van der Waals surface area contributed by atoms with Crippen molar-refractivity contribution >= 4 is 17.3 Å². The van der Waals surface area contributed by atoms with Crippen LogP contribution in [0.4, 0.5) is 17.3 Å². The topological polar surface area (TPSA) is 147 Å². The van der Waals surface area contributed by atoms with Crippen LogP contribution in [0.5, 0.6) is 11.6 Å². The number of nitrogens with two attached hydrogens (primary N) is 1. The van der Waals surface area contributed by atoms with E-state index >= 15 is 0 Å². The highest BCUT2D eigenvalue weighted by molar-refractivity contribution is 5.51. The van der Waals surface area contributed by atoms with Gasteiger partial charge in [-0.15, -0.1) is 0 Å². The second kappa shape index (κ2) is 5.36. The smallest absolute Gasteiger partial charge is 0.349 e. The molecular weight excluding hydrogens is 282 g/mol. The summed E-state index contributed by atoms with van der Waals surface area (Å²) in [6, 6.07) is 4.13. The average molecular weight is 291 g/mol. The molecule has 0 saturated heterocycles. The van der Waals surface area contributed by atoms with Crippen molar-refractivity contribution in [3.05, 3.63) is 50.2 Å². The van der Waals surface area contributed by atoms with Crippen molar-refractivity contribution in [2.24, 2.45) is 0 Å². The van der Waals surface area contributed by atoms with Crippen LogP contribution in [-0.2, 0) is 0 Å². The predicted octanol–water partition coefficient (Wildman–Crippen LogP) is 1.98. The number of hydrogen-bond donors (Lipinski definition) is 1. The monoisotopic (exact) mass is 291 g/mol. The Hall–Kier alpha value is -3.30. The zero-order valence-electron chi connectivity index (χ0n) is 10.7. The van der Waals surface area contributed by atoms with E-state index in [4.69, 9.17) is 10.5 Å². The third-order valence-corrected chi connectivity index (χ3v) is 2.61. The van der Waals surface area contributed by atoms with Crippen LogP contribution >= 0.6 is 0 Å². The first-order valence-electron chi connectivity index (χ1n) is 5.59. The molecule has 1 heterocycles. The van der Waals surface area contributed by atoms with Crippen molar-refractivity contribution in [1.29, 1.82) is 0 Å². The molecule has 0 amide bonds. The second-order valence-electron chi connectivity index (χ2n) is 3.94. The summed E-state index contributed by atoms with van der Waals surface area (Å²) in [5, 5.41) is 21.7. The van der Waals surface area contributed by atoms with Gasteiger partial charge in [-0.2, -0.15) is 4.98 Å². The van der Waals surface area contributed by atoms with Gasteiger partial charge in [0.15, 0.2) is 0 Å². The maximum absolute atomic E-state index is 10.9. The molecule has 0 aliphatic heterocycles. The van der Waals surface area contributed by atoms with Gasteiger partial charge < -0.3 is 10.5 Å². The normalized spacial score (nSPS) is 10.1. The van der Waals surface area contributed by atoms with Crippen LogP contribution in [0.3, 0.4) is 0 Å². The van der Waals surface area contributed by atoms with Crippen molar-refractivity contribution in [2.75, 3.05) is 5.73 Å². The molecule has 0 bridgehead atoms. The number of nitrogens with zero attached hydrogens (tertiary/aromatic N) is 4. The molecule has 2 aromatic rings. The molecular formula is C11H9N5O5. The molecule has 0 aliphatic carbocycles. The van der Waals surface area contributed by atoms with E-state index in [-0.39, 0.29) is 28.8 Å². The lowest BCUT2D eigenvalue weighted by molar-refractivity contribution is -0.386. The molecule has 0 aliphatic rings. The van der Waals surface area contributed by atoms with E-state index in [0.29, 0.717) is 0 Å². The van der Waals surface area contributed by atoms with Gasteiger partial charge in [0.25, 0.3) is 5.69 Å². The highest BCUT2D eigenvalue weighted by Crippen LogP contribution is 2.33. The fraction of sp³-hybridized carbons (Fsp3) is 0.0909. The Balaban J connectivity index is 2.48. The van der Waals surface area contributed by atoms with Crippen molar-refractivity contribution in [3.8, 4) is 11.6 Å². The zero-order chi connectivity index (χ0) is 15.6. The lowest BCUT2D eigenvalue weighted by atomic mass is 10.2. The van der Waals surface area contributed by atoms with Gasteiger partial charge in [-0.25, -0.2) is 4.98 Å². The second-order valence-corrected chi connectivity index (χ2v) is 3.94. The van der Waals surface area contributed by atoms with Crippen molar-refractivity contribution < 1.29 is 14.6 Å². The summed E-state index contributed by atoms with van der Waals surface area (Å²) < 4.78 is 5.30. The largest absolute Gasteiger partial charge is 0.433 e. The van der Waals surface area contributed by atoms with Crippen LogP contribution < -0.4 is 10.5 Å². The van der Waals surface area contributed by atoms with Crippen molar-refractivity contribution in [1.82, 2.24) is 9.97 Å². The minimum Gasteiger partial charge on any atom is -0.433 e. The van der Waals surface area contributed by atoms with Crippen LogP contribution in [0.15, 0.2) is 24.4 Å². The minimum atomic E-state index is -0.735. The predicted molar refractivity (Wildman–Crippen MR) is 71.0 cm³/mol. The summed E-state index contributed by atoms with van der Waals surface area (Å²) in [5.41, 5.74) is 4.92. The number of nitro benzene ring substituents is 1. The Morgan fingerprint density at radius 3 is 2.48 bits per heavy atom.